The number of aryl methyl sites for hydroxylation is 1. The van der Waals surface area contributed by atoms with Gasteiger partial charge in [-0.05, 0) is 99.2 Å². The first-order chi connectivity index (χ1) is 27.3. The number of aromatic nitrogens is 1. The van der Waals surface area contributed by atoms with Crippen LogP contribution in [0, 0.1) is 12.8 Å². The molecule has 2 aliphatic rings. The molecular weight excluding hydrogens is 723 g/mol. The summed E-state index contributed by atoms with van der Waals surface area (Å²) in [5, 5.41) is 12.3. The molecule has 3 aromatic carbocycles. The molecular formula is C45H55N5O7. The SMILES string of the molecule is Cc1cc(=O)[nH]c2cc(NC(=O)[C@H](CCCCNC(=O)OC(C)(C)C)NC(=O)[C@H](CC3CCCCC3)NC(=O)OCC3c4ccccc4-c4ccccc43)ccc12. The summed E-state index contributed by atoms with van der Waals surface area (Å²) in [6.45, 7) is 7.64. The predicted octanol–water partition coefficient (Wildman–Crippen LogP) is 7.83. The maximum absolute atomic E-state index is 14.2. The Morgan fingerprint density at radius 3 is 2.18 bits per heavy atom. The normalized spacial score (nSPS) is 15.2. The summed E-state index contributed by atoms with van der Waals surface area (Å²) in [5.74, 6) is -0.823. The Hall–Kier alpha value is -5.65. The lowest BCUT2D eigenvalue weighted by Gasteiger charge is -2.28. The number of hydrogen-bond donors (Lipinski definition) is 5. The van der Waals surface area contributed by atoms with E-state index in [1.807, 2.05) is 37.3 Å². The highest BCUT2D eigenvalue weighted by Gasteiger charge is 2.32. The molecule has 1 saturated carbocycles. The average Bonchev–Trinajstić information content (AvgIpc) is 3.49. The summed E-state index contributed by atoms with van der Waals surface area (Å²) in [4.78, 5) is 68.8. The standard InChI is InChI=1S/C45H55N5O7/c1-28-24-40(51)48-38-26-30(21-22-31(28)38)47-41(52)37(20-12-13-23-46-43(54)57-45(2,3)4)49-42(53)39(25-29-14-6-5-7-15-29)50-44(55)56-27-36-34-18-10-8-16-32(34)33-17-9-11-19-35(33)36/h8-11,16-19,21-22,24,26,29,36-37,39H,5-7,12-15,20,23,25,27H2,1-4H3,(H,46,54)(H,47,52)(H,48,51)(H,49,53)(H,50,55)/t37-,39-/m0/s1. The molecule has 0 bridgehead atoms. The zero-order valence-electron chi connectivity index (χ0n) is 33.4. The van der Waals surface area contributed by atoms with E-state index in [1.165, 1.54) is 6.07 Å². The van der Waals surface area contributed by atoms with Gasteiger partial charge in [0.2, 0.25) is 17.4 Å². The van der Waals surface area contributed by atoms with Crippen LogP contribution in [0.5, 0.6) is 0 Å². The molecule has 6 rings (SSSR count). The van der Waals surface area contributed by atoms with Crippen LogP contribution in [0.15, 0.2) is 77.6 Å². The topological polar surface area (TPSA) is 168 Å². The number of carbonyl (C=O) groups excluding carboxylic acids is 4. The Labute approximate surface area is 333 Å². The number of anilines is 1. The first kappa shape index (κ1) is 41.0. The van der Waals surface area contributed by atoms with Gasteiger partial charge in [-0.3, -0.25) is 14.4 Å². The second-order valence-corrected chi connectivity index (χ2v) is 16.3. The number of alkyl carbamates (subject to hydrolysis) is 2. The van der Waals surface area contributed by atoms with Gasteiger partial charge in [-0.15, -0.1) is 0 Å². The fourth-order valence-electron chi connectivity index (χ4n) is 8.03. The van der Waals surface area contributed by atoms with Crippen molar-refractivity contribution in [1.82, 2.24) is 20.9 Å². The van der Waals surface area contributed by atoms with E-state index in [9.17, 15) is 24.0 Å². The van der Waals surface area contributed by atoms with Crippen LogP contribution in [-0.2, 0) is 19.1 Å². The van der Waals surface area contributed by atoms with Crippen molar-refractivity contribution in [2.45, 2.75) is 109 Å². The minimum atomic E-state index is -0.968. The zero-order valence-corrected chi connectivity index (χ0v) is 33.4. The first-order valence-corrected chi connectivity index (χ1v) is 20.2. The highest BCUT2D eigenvalue weighted by molar-refractivity contribution is 5.99. The first-order valence-electron chi connectivity index (χ1n) is 20.2. The third-order valence-corrected chi connectivity index (χ3v) is 10.8. The largest absolute Gasteiger partial charge is 0.449 e. The van der Waals surface area contributed by atoms with Gasteiger partial charge >= 0.3 is 12.2 Å². The van der Waals surface area contributed by atoms with Crippen LogP contribution in [0.25, 0.3) is 22.0 Å². The maximum Gasteiger partial charge on any atom is 0.407 e. The number of aromatic amines is 1. The Bertz CT molecular complexity index is 2090. The number of fused-ring (bicyclic) bond motifs is 4. The molecule has 0 radical (unpaired) electrons. The van der Waals surface area contributed by atoms with Gasteiger partial charge < -0.3 is 35.7 Å². The smallest absolute Gasteiger partial charge is 0.407 e. The van der Waals surface area contributed by atoms with E-state index in [-0.39, 0.29) is 30.4 Å². The number of ether oxygens (including phenoxy) is 2. The van der Waals surface area contributed by atoms with Gasteiger partial charge in [0.15, 0.2) is 0 Å². The number of benzene rings is 3. The highest BCUT2D eigenvalue weighted by atomic mass is 16.6. The van der Waals surface area contributed by atoms with Gasteiger partial charge in [0.05, 0.1) is 5.52 Å². The molecule has 1 aromatic heterocycles. The predicted molar refractivity (Wildman–Crippen MR) is 221 cm³/mol. The molecule has 302 valence electrons. The lowest BCUT2D eigenvalue weighted by Crippen LogP contribution is -2.53. The lowest BCUT2D eigenvalue weighted by atomic mass is 9.84. The molecule has 1 fully saturated rings. The van der Waals surface area contributed by atoms with Gasteiger partial charge in [-0.2, -0.15) is 0 Å². The molecule has 1 heterocycles. The molecule has 0 saturated heterocycles. The van der Waals surface area contributed by atoms with E-state index >= 15 is 0 Å². The van der Waals surface area contributed by atoms with E-state index in [0.717, 1.165) is 65.3 Å². The van der Waals surface area contributed by atoms with Crippen LogP contribution < -0.4 is 26.8 Å². The second kappa shape index (κ2) is 18.5. The second-order valence-electron chi connectivity index (χ2n) is 16.3. The number of nitrogens with one attached hydrogen (secondary N) is 5. The molecule has 4 amide bonds. The summed E-state index contributed by atoms with van der Waals surface area (Å²) in [7, 11) is 0. The third-order valence-electron chi connectivity index (χ3n) is 10.8. The van der Waals surface area contributed by atoms with Crippen molar-refractivity contribution < 1.29 is 28.7 Å². The van der Waals surface area contributed by atoms with Gasteiger partial charge in [0.25, 0.3) is 0 Å². The molecule has 0 aliphatic heterocycles. The Kier molecular flexibility index (Phi) is 13.3. The Morgan fingerprint density at radius 2 is 1.49 bits per heavy atom. The number of unbranched alkanes of at least 4 members (excludes halogenated alkanes) is 1. The fourth-order valence-corrected chi connectivity index (χ4v) is 8.03. The van der Waals surface area contributed by atoms with Crippen LogP contribution in [0.3, 0.4) is 0 Å². The molecule has 57 heavy (non-hydrogen) atoms. The molecule has 4 aromatic rings. The average molecular weight is 778 g/mol. The molecule has 5 N–H and O–H groups in total. The zero-order chi connectivity index (χ0) is 40.5. The fraction of sp³-hybridized carbons (Fsp3) is 0.444. The highest BCUT2D eigenvalue weighted by Crippen LogP contribution is 2.44. The Morgan fingerprint density at radius 1 is 0.807 bits per heavy atom. The molecule has 0 spiro atoms. The van der Waals surface area contributed by atoms with Crippen molar-refractivity contribution in [3.63, 3.8) is 0 Å². The van der Waals surface area contributed by atoms with Crippen molar-refractivity contribution in [1.29, 1.82) is 0 Å². The number of amides is 4. The summed E-state index contributed by atoms with van der Waals surface area (Å²) < 4.78 is 11.2. The van der Waals surface area contributed by atoms with Gasteiger partial charge in [-0.25, -0.2) is 9.59 Å². The van der Waals surface area contributed by atoms with Crippen LogP contribution in [0.1, 0.15) is 101 Å². The van der Waals surface area contributed by atoms with Crippen molar-refractivity contribution in [3.05, 3.63) is 99.8 Å². The van der Waals surface area contributed by atoms with Gasteiger partial charge in [0, 0.05) is 29.6 Å². The van der Waals surface area contributed by atoms with Crippen molar-refractivity contribution in [2.75, 3.05) is 18.5 Å². The monoisotopic (exact) mass is 777 g/mol. The van der Waals surface area contributed by atoms with Crippen LogP contribution >= 0.6 is 0 Å². The molecule has 12 heteroatoms. The lowest BCUT2D eigenvalue weighted by molar-refractivity contribution is -0.128. The number of hydrogen-bond acceptors (Lipinski definition) is 7. The quantitative estimate of drug-likeness (QED) is 0.0814. The van der Waals surface area contributed by atoms with Crippen molar-refractivity contribution in [3.8, 4) is 11.1 Å². The van der Waals surface area contributed by atoms with Gasteiger partial charge in [-0.1, -0.05) is 86.7 Å². The van der Waals surface area contributed by atoms with Gasteiger partial charge in [0.1, 0.15) is 24.3 Å². The maximum atomic E-state index is 14.2. The van der Waals surface area contributed by atoms with Crippen LogP contribution in [0.4, 0.5) is 15.3 Å². The summed E-state index contributed by atoms with van der Waals surface area (Å²) in [5.41, 5.74) is 5.38. The molecule has 0 unspecified atom stereocenters. The van der Waals surface area contributed by atoms with Crippen LogP contribution in [-0.4, -0.2) is 59.8 Å². The van der Waals surface area contributed by atoms with E-state index < -0.39 is 41.7 Å². The van der Waals surface area contributed by atoms with Crippen molar-refractivity contribution >= 4 is 40.6 Å². The van der Waals surface area contributed by atoms with E-state index in [1.54, 1.807) is 32.9 Å². The third kappa shape index (κ3) is 11.0. The van der Waals surface area contributed by atoms with E-state index in [4.69, 9.17) is 9.47 Å². The number of rotatable bonds is 14. The van der Waals surface area contributed by atoms with E-state index in [2.05, 4.69) is 50.5 Å². The molecule has 2 atom stereocenters. The van der Waals surface area contributed by atoms with Crippen molar-refractivity contribution in [2.24, 2.45) is 5.92 Å². The Balaban J connectivity index is 1.15. The summed E-state index contributed by atoms with van der Waals surface area (Å²) >= 11 is 0. The van der Waals surface area contributed by atoms with Crippen LogP contribution in [0.2, 0.25) is 0 Å². The molecule has 12 nitrogen and oxygen atoms in total. The number of carbonyl (C=O) groups is 4. The summed E-state index contributed by atoms with van der Waals surface area (Å²) in [6.07, 6.45) is 5.64. The molecule has 2 aliphatic carbocycles. The summed E-state index contributed by atoms with van der Waals surface area (Å²) in [6, 6.07) is 21.1. The minimum absolute atomic E-state index is 0.108. The minimum Gasteiger partial charge on any atom is -0.449 e. The number of H-pyrrole nitrogens is 1. The van der Waals surface area contributed by atoms with E-state index in [0.29, 0.717) is 37.0 Å². The number of pyridine rings is 1.